The monoisotopic (exact) mass is 577 g/mol. The van der Waals surface area contributed by atoms with Crippen LogP contribution in [0.25, 0.3) is 0 Å². The number of ether oxygens (including phenoxy) is 2. The van der Waals surface area contributed by atoms with Crippen LogP contribution in [0.1, 0.15) is 64.1 Å². The highest BCUT2D eigenvalue weighted by Crippen LogP contribution is 2.40. The molecule has 1 aromatic carbocycles. The quantitative estimate of drug-likeness (QED) is 0.312. The summed E-state index contributed by atoms with van der Waals surface area (Å²) in [7, 11) is 3.32. The lowest BCUT2D eigenvalue weighted by molar-refractivity contribution is -0.114. The molecular formula is C31H39N5O4S. The van der Waals surface area contributed by atoms with E-state index in [2.05, 4.69) is 17.1 Å². The predicted molar refractivity (Wildman–Crippen MR) is 162 cm³/mol. The van der Waals surface area contributed by atoms with Gasteiger partial charge in [0.2, 0.25) is 0 Å². The Labute approximate surface area is 248 Å². The molecule has 1 amide bonds. The summed E-state index contributed by atoms with van der Waals surface area (Å²) in [4.78, 5) is 34.6. The second kappa shape index (κ2) is 12.4. The minimum absolute atomic E-state index is 0.196. The third-order valence-corrected chi connectivity index (χ3v) is 8.36. The fourth-order valence-electron chi connectivity index (χ4n) is 5.37. The average molecular weight is 578 g/mol. The number of pyridine rings is 1. The van der Waals surface area contributed by atoms with Gasteiger partial charge in [-0.3, -0.25) is 0 Å². The van der Waals surface area contributed by atoms with E-state index in [9.17, 15) is 14.9 Å². The van der Waals surface area contributed by atoms with Crippen molar-refractivity contribution in [1.82, 2.24) is 9.88 Å². The molecule has 1 saturated carbocycles. The molecule has 0 N–H and O–H groups in total. The van der Waals surface area contributed by atoms with Gasteiger partial charge in [0.25, 0.3) is 0 Å². The summed E-state index contributed by atoms with van der Waals surface area (Å²) < 4.78 is 10.9. The number of thiocarbonyl (C=S) groups is 1. The number of anilines is 2. The number of aromatic nitrogens is 1. The first-order valence-electron chi connectivity index (χ1n) is 14.1. The van der Waals surface area contributed by atoms with Crippen molar-refractivity contribution in [2.75, 3.05) is 37.0 Å². The van der Waals surface area contributed by atoms with Gasteiger partial charge in [0.05, 0.1) is 19.0 Å². The number of aldehydes is 1. The summed E-state index contributed by atoms with van der Waals surface area (Å²) in [6.45, 7) is 7.05. The third kappa shape index (κ3) is 6.79. The van der Waals surface area contributed by atoms with Crippen LogP contribution in [0.3, 0.4) is 0 Å². The zero-order valence-electron chi connectivity index (χ0n) is 24.6. The van der Waals surface area contributed by atoms with Crippen LogP contribution in [0, 0.1) is 17.2 Å². The van der Waals surface area contributed by atoms with Gasteiger partial charge in [0.1, 0.15) is 23.5 Å². The highest BCUT2D eigenvalue weighted by atomic mass is 32.1. The Hall–Kier alpha value is -3.71. The van der Waals surface area contributed by atoms with E-state index in [1.54, 1.807) is 22.1 Å². The van der Waals surface area contributed by atoms with Crippen LogP contribution >= 0.6 is 12.2 Å². The first-order valence-corrected chi connectivity index (χ1v) is 14.5. The molecule has 41 heavy (non-hydrogen) atoms. The van der Waals surface area contributed by atoms with E-state index in [1.807, 2.05) is 50.9 Å². The first-order chi connectivity index (χ1) is 19.5. The van der Waals surface area contributed by atoms with Crippen molar-refractivity contribution in [1.29, 1.82) is 5.26 Å². The molecule has 2 aromatic rings. The number of nitriles is 1. The topological polar surface area (TPSA) is 99.0 Å². The maximum absolute atomic E-state index is 12.4. The molecule has 0 unspecified atom stereocenters. The maximum atomic E-state index is 12.4. The lowest BCUT2D eigenvalue weighted by atomic mass is 9.76. The number of carbonyl (C=O) groups excluding carboxylic acids is 2. The highest BCUT2D eigenvalue weighted by Gasteiger charge is 2.45. The van der Waals surface area contributed by atoms with Crippen molar-refractivity contribution in [3.8, 4) is 11.8 Å². The van der Waals surface area contributed by atoms with Crippen LogP contribution in [-0.2, 0) is 16.0 Å². The maximum Gasteiger partial charge on any atom is 0.410 e. The van der Waals surface area contributed by atoms with E-state index in [0.29, 0.717) is 35.6 Å². The second-order valence-corrected chi connectivity index (χ2v) is 12.3. The lowest BCUT2D eigenvalue weighted by Crippen LogP contribution is -2.60. The number of likely N-dealkylation sites (tertiary alicyclic amines) is 1. The van der Waals surface area contributed by atoms with Crippen LogP contribution in [0.5, 0.6) is 5.75 Å². The Kier molecular flexibility index (Phi) is 9.17. The lowest BCUT2D eigenvalue weighted by Gasteiger charge is -2.48. The Morgan fingerprint density at radius 2 is 1.88 bits per heavy atom. The number of piperidine rings is 1. The van der Waals surface area contributed by atoms with Gasteiger partial charge in [-0.1, -0.05) is 12.1 Å². The molecular weight excluding hydrogens is 538 g/mol. The Morgan fingerprint density at radius 3 is 2.39 bits per heavy atom. The molecule has 2 fully saturated rings. The van der Waals surface area contributed by atoms with E-state index in [-0.39, 0.29) is 11.8 Å². The van der Waals surface area contributed by atoms with Crippen molar-refractivity contribution in [3.05, 3.63) is 47.8 Å². The van der Waals surface area contributed by atoms with Crippen LogP contribution in [-0.4, -0.2) is 65.8 Å². The summed E-state index contributed by atoms with van der Waals surface area (Å²) in [6, 6.07) is 12.0. The Balaban J connectivity index is 1.47. The number of methoxy groups -OCH3 is 1. The van der Waals surface area contributed by atoms with Gasteiger partial charge in [-0.25, -0.2) is 9.78 Å². The fraction of sp³-hybridized carbons (Fsp3) is 0.516. The van der Waals surface area contributed by atoms with Crippen molar-refractivity contribution in [2.24, 2.45) is 5.92 Å². The van der Waals surface area contributed by atoms with E-state index in [0.717, 1.165) is 50.5 Å². The molecule has 1 aliphatic heterocycles. The molecule has 2 heterocycles. The smallest absolute Gasteiger partial charge is 0.410 e. The molecule has 1 aromatic heterocycles. The molecule has 9 nitrogen and oxygen atoms in total. The molecule has 0 spiro atoms. The van der Waals surface area contributed by atoms with E-state index < -0.39 is 11.1 Å². The Morgan fingerprint density at radius 1 is 1.22 bits per heavy atom. The van der Waals surface area contributed by atoms with Crippen LogP contribution in [0.4, 0.5) is 16.2 Å². The van der Waals surface area contributed by atoms with Crippen molar-refractivity contribution >= 4 is 41.1 Å². The number of rotatable bonds is 7. The number of nitrogens with zero attached hydrogens (tertiary/aromatic N) is 5. The largest absolute Gasteiger partial charge is 0.494 e. The van der Waals surface area contributed by atoms with Crippen molar-refractivity contribution in [3.63, 3.8) is 0 Å². The molecule has 0 radical (unpaired) electrons. The number of carbonyl (C=O) groups is 2. The SMILES string of the molecule is COc1cc(N(C)C(=S)N(c2ccc(CC3CCN(C(=O)OC(C)(C)C)CC3)cc2)C2(C=O)CCC2)cnc1C#N. The first kappa shape index (κ1) is 30.3. The normalized spacial score (nSPS) is 16.6. The molecule has 0 bridgehead atoms. The molecule has 4 rings (SSSR count). The average Bonchev–Trinajstić information content (AvgIpc) is 2.94. The zero-order valence-corrected chi connectivity index (χ0v) is 25.4. The van der Waals surface area contributed by atoms with Gasteiger partial charge >= 0.3 is 6.09 Å². The number of amides is 1. The van der Waals surface area contributed by atoms with Crippen LogP contribution < -0.4 is 14.5 Å². The summed E-state index contributed by atoms with van der Waals surface area (Å²) in [5.41, 5.74) is 1.72. The van der Waals surface area contributed by atoms with E-state index >= 15 is 0 Å². The molecule has 0 atom stereocenters. The van der Waals surface area contributed by atoms with Gasteiger partial charge < -0.3 is 29.0 Å². The second-order valence-electron chi connectivity index (χ2n) is 11.9. The molecule has 218 valence electrons. The highest BCUT2D eigenvalue weighted by molar-refractivity contribution is 7.80. The minimum atomic E-state index is -0.703. The molecule has 10 heteroatoms. The molecule has 1 saturated heterocycles. The van der Waals surface area contributed by atoms with Gasteiger partial charge in [0, 0.05) is 31.9 Å². The Bertz CT molecular complexity index is 1310. The minimum Gasteiger partial charge on any atom is -0.494 e. The molecule has 2 aliphatic rings. The van der Waals surface area contributed by atoms with E-state index in [4.69, 9.17) is 21.7 Å². The van der Waals surface area contributed by atoms with Gasteiger partial charge in [0.15, 0.2) is 16.6 Å². The number of benzene rings is 1. The van der Waals surface area contributed by atoms with Gasteiger partial charge in [-0.15, -0.1) is 0 Å². The van der Waals surface area contributed by atoms with Gasteiger partial charge in [-0.2, -0.15) is 5.26 Å². The van der Waals surface area contributed by atoms with Gasteiger partial charge in [-0.05, 0) is 95.1 Å². The van der Waals surface area contributed by atoms with Crippen LogP contribution in [0.2, 0.25) is 0 Å². The number of hydrogen-bond acceptors (Lipinski definition) is 7. The van der Waals surface area contributed by atoms with Crippen LogP contribution in [0.15, 0.2) is 36.5 Å². The summed E-state index contributed by atoms with van der Waals surface area (Å²) >= 11 is 5.96. The van der Waals surface area contributed by atoms with Crippen molar-refractivity contribution < 1.29 is 19.1 Å². The summed E-state index contributed by atoms with van der Waals surface area (Å²) in [5, 5.41) is 9.77. The van der Waals surface area contributed by atoms with E-state index in [1.165, 1.54) is 12.7 Å². The summed E-state index contributed by atoms with van der Waals surface area (Å²) in [6.07, 6.45) is 7.52. The standard InChI is InChI=1S/C31H39N5O4S/c1-30(2,3)40-29(38)35-15-11-23(12-16-35)17-22-7-9-24(10-8-22)36(31(21-37)13-6-14-31)28(41)34(4)25-18-27(39-5)26(19-32)33-20-25/h7-10,18,20-21,23H,6,11-17H2,1-5H3. The fourth-order valence-corrected chi connectivity index (χ4v) is 5.76. The summed E-state index contributed by atoms with van der Waals surface area (Å²) in [5.74, 6) is 0.843. The number of hydrogen-bond donors (Lipinski definition) is 0. The predicted octanol–water partition coefficient (Wildman–Crippen LogP) is 5.50. The molecule has 1 aliphatic carbocycles. The van der Waals surface area contributed by atoms with Crippen molar-refractivity contribution in [2.45, 2.75) is 70.4 Å². The third-order valence-electron chi connectivity index (χ3n) is 7.90. The zero-order chi connectivity index (χ0) is 29.8.